The monoisotopic (exact) mass is 303 g/mol. The summed E-state index contributed by atoms with van der Waals surface area (Å²) in [6.45, 7) is 0. The number of carbonyl (C=O) groups is 2. The molecule has 20 heavy (non-hydrogen) atoms. The lowest BCUT2D eigenvalue weighted by Gasteiger charge is -2.11. The first kappa shape index (κ1) is 14.6. The van der Waals surface area contributed by atoms with Crippen LogP contribution in [0.4, 0.5) is 14.5 Å². The van der Waals surface area contributed by atoms with E-state index in [1.807, 2.05) is 0 Å². The molecule has 2 rings (SSSR count). The van der Waals surface area contributed by atoms with Crippen LogP contribution >= 0.6 is 0 Å². The second-order valence-electron chi connectivity index (χ2n) is 4.42. The number of hydrogen-bond donors (Lipinski definition) is 2. The van der Waals surface area contributed by atoms with E-state index in [0.717, 1.165) is 0 Å². The van der Waals surface area contributed by atoms with Gasteiger partial charge in [0.25, 0.3) is 0 Å². The molecule has 0 aromatic heterocycles. The lowest BCUT2D eigenvalue weighted by Crippen LogP contribution is -2.31. The predicted molar refractivity (Wildman–Crippen MR) is 66.8 cm³/mol. The third kappa shape index (κ3) is 2.69. The Labute approximate surface area is 115 Å². The smallest absolute Gasteiger partial charge is 0.319 e. The number of anilines is 1. The molecule has 0 aliphatic heterocycles. The number of nitrogens with one attached hydrogen (secondary N) is 1. The molecule has 0 saturated heterocycles. The van der Waals surface area contributed by atoms with Gasteiger partial charge in [0.1, 0.15) is 16.2 Å². The zero-order chi connectivity index (χ0) is 14.9. The molecule has 1 aromatic rings. The van der Waals surface area contributed by atoms with Gasteiger partial charge >= 0.3 is 11.7 Å². The quantitative estimate of drug-likeness (QED) is 0.813. The van der Waals surface area contributed by atoms with Gasteiger partial charge in [-0.15, -0.1) is 0 Å². The molecule has 8 heteroatoms. The first-order chi connectivity index (χ1) is 9.36. The summed E-state index contributed by atoms with van der Waals surface area (Å²) in [6.07, 6.45) is 0.559. The molecular weight excluding hydrogens is 292 g/mol. The Morgan fingerprint density at radius 3 is 2.20 bits per heavy atom. The van der Waals surface area contributed by atoms with Crippen LogP contribution < -0.4 is 5.32 Å². The van der Waals surface area contributed by atoms with E-state index in [-0.39, 0.29) is 23.4 Å². The number of rotatable bonds is 5. The van der Waals surface area contributed by atoms with E-state index in [2.05, 4.69) is 5.32 Å². The minimum atomic E-state index is -2.97. The Kier molecular flexibility index (Phi) is 3.85. The fraction of sp³-hybridized carbons (Fsp3) is 0.333. The van der Waals surface area contributed by atoms with Gasteiger partial charge in [0.15, 0.2) is 0 Å². The molecule has 1 aliphatic carbocycles. The number of aliphatic carboxylic acids is 1. The normalized spacial score (nSPS) is 17.6. The van der Waals surface area contributed by atoms with Gasteiger partial charge in [0.2, 0.25) is 5.91 Å². The number of benzene rings is 1. The molecule has 1 unspecified atom stereocenters. The Morgan fingerprint density at radius 1 is 1.25 bits per heavy atom. The minimum absolute atomic E-state index is 0.0580. The van der Waals surface area contributed by atoms with Crippen LogP contribution in [0.25, 0.3) is 0 Å². The lowest BCUT2D eigenvalue weighted by atomic mass is 10.1. The highest BCUT2D eigenvalue weighted by Crippen LogP contribution is 2.46. The van der Waals surface area contributed by atoms with Crippen molar-refractivity contribution in [2.45, 2.75) is 23.5 Å². The molecule has 1 saturated carbocycles. The molecule has 2 N–H and O–H groups in total. The van der Waals surface area contributed by atoms with Crippen LogP contribution in [0.1, 0.15) is 12.8 Å². The number of carboxylic acid groups (broad SMARTS) is 1. The van der Waals surface area contributed by atoms with Crippen molar-refractivity contribution in [3.8, 4) is 0 Å². The molecule has 1 aromatic carbocycles. The summed E-state index contributed by atoms with van der Waals surface area (Å²) in [7, 11) is -2.41. The number of carboxylic acids is 1. The van der Waals surface area contributed by atoms with Gasteiger partial charge in [-0.3, -0.25) is 9.59 Å². The molecule has 1 aliphatic rings. The predicted octanol–water partition coefficient (Wildman–Crippen LogP) is 1.82. The van der Waals surface area contributed by atoms with Gasteiger partial charge in [-0.25, -0.2) is 4.21 Å². The molecule has 0 spiro atoms. The van der Waals surface area contributed by atoms with Crippen LogP contribution in [0, 0.1) is 5.41 Å². The van der Waals surface area contributed by atoms with E-state index in [1.165, 1.54) is 24.3 Å². The molecule has 0 bridgehead atoms. The van der Waals surface area contributed by atoms with E-state index in [9.17, 15) is 22.6 Å². The van der Waals surface area contributed by atoms with E-state index < -0.39 is 33.8 Å². The highest BCUT2D eigenvalue weighted by Gasteiger charge is 2.57. The van der Waals surface area contributed by atoms with Gasteiger partial charge in [-0.05, 0) is 37.1 Å². The zero-order valence-corrected chi connectivity index (χ0v) is 11.0. The summed E-state index contributed by atoms with van der Waals surface area (Å²) >= 11 is 0. The second-order valence-corrected chi connectivity index (χ2v) is 5.85. The zero-order valence-electron chi connectivity index (χ0n) is 10.1. The molecule has 1 amide bonds. The van der Waals surface area contributed by atoms with E-state index in [4.69, 9.17) is 5.11 Å². The summed E-state index contributed by atoms with van der Waals surface area (Å²) in [6, 6.07) is 5.04. The Bertz CT molecular complexity index is 569. The van der Waals surface area contributed by atoms with Crippen molar-refractivity contribution in [3.05, 3.63) is 24.3 Å². The number of amides is 1. The maximum Gasteiger partial charge on any atom is 0.319 e. The van der Waals surface area contributed by atoms with Crippen molar-refractivity contribution >= 4 is 28.4 Å². The van der Waals surface area contributed by atoms with Crippen LogP contribution in [-0.2, 0) is 20.4 Å². The summed E-state index contributed by atoms with van der Waals surface area (Å²) in [4.78, 5) is 22.7. The molecule has 108 valence electrons. The van der Waals surface area contributed by atoms with Crippen LogP contribution in [0.2, 0.25) is 0 Å². The Hall–Kier alpha value is -1.83. The summed E-state index contributed by atoms with van der Waals surface area (Å²) < 4.78 is 35.6. The van der Waals surface area contributed by atoms with Crippen molar-refractivity contribution in [2.75, 3.05) is 5.32 Å². The lowest BCUT2D eigenvalue weighted by molar-refractivity contribution is -0.147. The minimum Gasteiger partial charge on any atom is -0.480 e. The van der Waals surface area contributed by atoms with E-state index >= 15 is 0 Å². The molecule has 0 heterocycles. The van der Waals surface area contributed by atoms with Gasteiger partial charge in [-0.1, -0.05) is 0 Å². The molecule has 1 fully saturated rings. The second kappa shape index (κ2) is 5.28. The Morgan fingerprint density at radius 2 is 1.80 bits per heavy atom. The first-order valence-corrected chi connectivity index (χ1v) is 6.92. The SMILES string of the molecule is O=C(O)C1(C(=O)Nc2ccc(S(=O)C(F)F)cc2)CC1. The summed E-state index contributed by atoms with van der Waals surface area (Å²) in [5, 5.41) is 11.4. The molecule has 5 nitrogen and oxygen atoms in total. The average Bonchev–Trinajstić information content (AvgIpc) is 3.20. The standard InChI is InChI=1S/C12H11F2NO4S/c13-11(14)20(19)8-3-1-7(2-4-8)15-9(16)12(5-6-12)10(17)18/h1-4,11H,5-6H2,(H,15,16)(H,17,18). The van der Waals surface area contributed by atoms with Crippen LogP contribution in [0.15, 0.2) is 29.2 Å². The maximum absolute atomic E-state index is 12.2. The molecule has 0 radical (unpaired) electrons. The van der Waals surface area contributed by atoms with Crippen molar-refractivity contribution in [1.82, 2.24) is 0 Å². The topological polar surface area (TPSA) is 83.5 Å². The van der Waals surface area contributed by atoms with Crippen molar-refractivity contribution < 1.29 is 27.7 Å². The number of carbonyl (C=O) groups excluding carboxylic acids is 1. The van der Waals surface area contributed by atoms with Gasteiger partial charge < -0.3 is 10.4 Å². The van der Waals surface area contributed by atoms with Crippen LogP contribution in [-0.4, -0.2) is 26.9 Å². The largest absolute Gasteiger partial charge is 0.480 e. The van der Waals surface area contributed by atoms with Crippen molar-refractivity contribution in [1.29, 1.82) is 0 Å². The fourth-order valence-electron chi connectivity index (χ4n) is 1.69. The van der Waals surface area contributed by atoms with Gasteiger partial charge in [-0.2, -0.15) is 8.78 Å². The average molecular weight is 303 g/mol. The summed E-state index contributed by atoms with van der Waals surface area (Å²) in [5.74, 6) is -4.78. The van der Waals surface area contributed by atoms with E-state index in [0.29, 0.717) is 0 Å². The van der Waals surface area contributed by atoms with Crippen LogP contribution in [0.3, 0.4) is 0 Å². The fourth-order valence-corrected chi connectivity index (χ4v) is 2.30. The van der Waals surface area contributed by atoms with Gasteiger partial charge in [0, 0.05) is 10.6 Å². The Balaban J connectivity index is 2.07. The van der Waals surface area contributed by atoms with Crippen molar-refractivity contribution in [3.63, 3.8) is 0 Å². The van der Waals surface area contributed by atoms with E-state index in [1.54, 1.807) is 0 Å². The van der Waals surface area contributed by atoms with Crippen LogP contribution in [0.5, 0.6) is 0 Å². The third-order valence-electron chi connectivity index (χ3n) is 3.10. The molecule has 1 atom stereocenters. The number of hydrogen-bond acceptors (Lipinski definition) is 3. The third-order valence-corrected chi connectivity index (χ3v) is 4.16. The highest BCUT2D eigenvalue weighted by atomic mass is 32.2. The summed E-state index contributed by atoms with van der Waals surface area (Å²) in [5.41, 5.74) is -1.10. The number of halogens is 2. The van der Waals surface area contributed by atoms with Gasteiger partial charge in [0.05, 0.1) is 0 Å². The highest BCUT2D eigenvalue weighted by molar-refractivity contribution is 7.85. The molecular formula is C12H11F2NO4S. The first-order valence-electron chi connectivity index (χ1n) is 5.70. The maximum atomic E-state index is 12.2. The number of alkyl halides is 2. The van der Waals surface area contributed by atoms with Crippen molar-refractivity contribution in [2.24, 2.45) is 5.41 Å².